The first-order valence-corrected chi connectivity index (χ1v) is 7.05. The number of hydrogen-bond donors (Lipinski definition) is 1. The minimum atomic E-state index is -0.0299. The molecule has 0 saturated carbocycles. The van der Waals surface area contributed by atoms with Crippen molar-refractivity contribution in [3.63, 3.8) is 0 Å². The second kappa shape index (κ2) is 5.55. The molecule has 3 aromatic rings. The molecule has 0 spiro atoms. The Balaban J connectivity index is 1.99. The first kappa shape index (κ1) is 13.0. The third kappa shape index (κ3) is 2.49. The third-order valence-electron chi connectivity index (χ3n) is 3.40. The zero-order chi connectivity index (χ0) is 13.9. The van der Waals surface area contributed by atoms with Crippen molar-refractivity contribution in [1.82, 2.24) is 5.32 Å². The zero-order valence-corrected chi connectivity index (χ0v) is 11.8. The maximum atomic E-state index is 5.98. The first-order valence-electron chi connectivity index (χ1n) is 7.05. The molecule has 0 saturated heterocycles. The van der Waals surface area contributed by atoms with Gasteiger partial charge in [-0.1, -0.05) is 18.6 Å². The maximum Gasteiger partial charge on any atom is 0.134 e. The van der Waals surface area contributed by atoms with E-state index in [1.165, 1.54) is 5.56 Å². The van der Waals surface area contributed by atoms with E-state index in [9.17, 15) is 0 Å². The Morgan fingerprint density at radius 2 is 2.05 bits per heavy atom. The molecule has 0 bridgehead atoms. The smallest absolute Gasteiger partial charge is 0.134 e. The Hall–Kier alpha value is -2.00. The highest BCUT2D eigenvalue weighted by Crippen LogP contribution is 2.29. The van der Waals surface area contributed by atoms with Gasteiger partial charge in [-0.3, -0.25) is 0 Å². The quantitative estimate of drug-likeness (QED) is 0.745. The molecule has 1 atom stereocenters. The normalized spacial score (nSPS) is 12.9. The lowest BCUT2D eigenvalue weighted by molar-refractivity contribution is 0.399. The molecular weight excluding hydrogens is 250 g/mol. The van der Waals surface area contributed by atoms with Gasteiger partial charge in [0.1, 0.15) is 23.1 Å². The van der Waals surface area contributed by atoms with E-state index in [-0.39, 0.29) is 6.04 Å². The van der Waals surface area contributed by atoms with Crippen LogP contribution in [-0.4, -0.2) is 6.54 Å². The van der Waals surface area contributed by atoms with Crippen LogP contribution < -0.4 is 5.32 Å². The minimum Gasteiger partial charge on any atom is -0.467 e. The number of aryl methyl sites for hydroxylation is 1. The molecular formula is C17H19NO2. The van der Waals surface area contributed by atoms with E-state index in [4.69, 9.17) is 8.83 Å². The Labute approximate surface area is 118 Å². The van der Waals surface area contributed by atoms with E-state index >= 15 is 0 Å². The lowest BCUT2D eigenvalue weighted by Gasteiger charge is -2.13. The molecule has 0 fully saturated rings. The molecule has 2 aromatic heterocycles. The van der Waals surface area contributed by atoms with Gasteiger partial charge in [0.25, 0.3) is 0 Å². The molecule has 1 aromatic carbocycles. The van der Waals surface area contributed by atoms with Gasteiger partial charge in [0.2, 0.25) is 0 Å². The number of rotatable bonds is 5. The molecule has 0 aliphatic rings. The molecule has 0 aliphatic heterocycles. The summed E-state index contributed by atoms with van der Waals surface area (Å²) in [5.74, 6) is 1.78. The summed E-state index contributed by atoms with van der Waals surface area (Å²) in [5, 5.41) is 4.61. The highest BCUT2D eigenvalue weighted by molar-refractivity contribution is 5.78. The van der Waals surface area contributed by atoms with Crippen molar-refractivity contribution in [3.8, 4) is 0 Å². The van der Waals surface area contributed by atoms with E-state index in [2.05, 4.69) is 37.4 Å². The zero-order valence-electron chi connectivity index (χ0n) is 11.8. The average molecular weight is 269 g/mol. The predicted octanol–water partition coefficient (Wildman–Crippen LogP) is 4.42. The summed E-state index contributed by atoms with van der Waals surface area (Å²) < 4.78 is 11.5. The van der Waals surface area contributed by atoms with Crippen LogP contribution in [-0.2, 0) is 0 Å². The second-order valence-electron chi connectivity index (χ2n) is 5.09. The van der Waals surface area contributed by atoms with Gasteiger partial charge < -0.3 is 14.2 Å². The van der Waals surface area contributed by atoms with E-state index < -0.39 is 0 Å². The second-order valence-corrected chi connectivity index (χ2v) is 5.09. The lowest BCUT2D eigenvalue weighted by atomic mass is 10.1. The van der Waals surface area contributed by atoms with Crippen LogP contribution in [0.5, 0.6) is 0 Å². The number of furan rings is 2. The molecule has 2 heterocycles. The maximum absolute atomic E-state index is 5.98. The van der Waals surface area contributed by atoms with Gasteiger partial charge in [-0.05, 0) is 50.2 Å². The highest BCUT2D eigenvalue weighted by Gasteiger charge is 2.20. The fourth-order valence-corrected chi connectivity index (χ4v) is 2.41. The molecule has 3 nitrogen and oxygen atoms in total. The molecule has 1 N–H and O–H groups in total. The molecule has 3 heteroatoms. The fourth-order valence-electron chi connectivity index (χ4n) is 2.41. The summed E-state index contributed by atoms with van der Waals surface area (Å²) in [6.45, 7) is 5.15. The highest BCUT2D eigenvalue weighted by atomic mass is 16.4. The van der Waals surface area contributed by atoms with Crippen molar-refractivity contribution in [3.05, 3.63) is 59.7 Å². The standard InChI is InChI=1S/C17H19NO2/c1-3-8-18-17(15-5-4-9-19-15)16-11-13-10-12(2)6-7-14(13)20-16/h4-7,9-11,17-18H,3,8H2,1-2H3. The number of fused-ring (bicyclic) bond motifs is 1. The van der Waals surface area contributed by atoms with Gasteiger partial charge in [0.15, 0.2) is 0 Å². The number of nitrogens with one attached hydrogen (secondary N) is 1. The summed E-state index contributed by atoms with van der Waals surface area (Å²) in [5.41, 5.74) is 2.15. The summed E-state index contributed by atoms with van der Waals surface area (Å²) in [7, 11) is 0. The van der Waals surface area contributed by atoms with Crippen LogP contribution in [0, 0.1) is 6.92 Å². The van der Waals surface area contributed by atoms with E-state index in [0.29, 0.717) is 0 Å². The molecule has 3 rings (SSSR count). The van der Waals surface area contributed by atoms with E-state index in [1.807, 2.05) is 18.2 Å². The van der Waals surface area contributed by atoms with Crippen LogP contribution in [0.2, 0.25) is 0 Å². The predicted molar refractivity (Wildman–Crippen MR) is 79.8 cm³/mol. The molecule has 0 aliphatic carbocycles. The molecule has 0 radical (unpaired) electrons. The Kier molecular flexibility index (Phi) is 3.61. The molecule has 104 valence electrons. The van der Waals surface area contributed by atoms with Gasteiger partial charge in [-0.15, -0.1) is 0 Å². The van der Waals surface area contributed by atoms with Gasteiger partial charge >= 0.3 is 0 Å². The Morgan fingerprint density at radius 1 is 1.15 bits per heavy atom. The van der Waals surface area contributed by atoms with Gasteiger partial charge in [-0.2, -0.15) is 0 Å². The van der Waals surface area contributed by atoms with Gasteiger partial charge in [0, 0.05) is 5.39 Å². The van der Waals surface area contributed by atoms with Crippen molar-refractivity contribution in [2.75, 3.05) is 6.54 Å². The Morgan fingerprint density at radius 3 is 2.80 bits per heavy atom. The van der Waals surface area contributed by atoms with E-state index in [0.717, 1.165) is 35.5 Å². The summed E-state index contributed by atoms with van der Waals surface area (Å²) in [6, 6.07) is 12.2. The van der Waals surface area contributed by atoms with Gasteiger partial charge in [-0.25, -0.2) is 0 Å². The van der Waals surface area contributed by atoms with Crippen LogP contribution in [0.1, 0.15) is 36.5 Å². The summed E-state index contributed by atoms with van der Waals surface area (Å²) in [6.07, 6.45) is 2.76. The first-order chi connectivity index (χ1) is 9.78. The van der Waals surface area contributed by atoms with Crippen LogP contribution in [0.25, 0.3) is 11.0 Å². The third-order valence-corrected chi connectivity index (χ3v) is 3.40. The molecule has 20 heavy (non-hydrogen) atoms. The Bertz CT molecular complexity index is 682. The van der Waals surface area contributed by atoms with Crippen LogP contribution in [0.3, 0.4) is 0 Å². The number of hydrogen-bond acceptors (Lipinski definition) is 3. The van der Waals surface area contributed by atoms with Crippen LogP contribution in [0.4, 0.5) is 0 Å². The summed E-state index contributed by atoms with van der Waals surface area (Å²) >= 11 is 0. The van der Waals surface area contributed by atoms with E-state index in [1.54, 1.807) is 6.26 Å². The average Bonchev–Trinajstić information content (AvgIpc) is 3.08. The summed E-state index contributed by atoms with van der Waals surface area (Å²) in [4.78, 5) is 0. The monoisotopic (exact) mass is 269 g/mol. The van der Waals surface area contributed by atoms with Crippen molar-refractivity contribution >= 4 is 11.0 Å². The lowest BCUT2D eigenvalue weighted by Crippen LogP contribution is -2.22. The van der Waals surface area contributed by atoms with Crippen molar-refractivity contribution < 1.29 is 8.83 Å². The van der Waals surface area contributed by atoms with Crippen LogP contribution in [0.15, 0.2) is 51.5 Å². The SMILES string of the molecule is CCCNC(c1ccco1)c1cc2cc(C)ccc2o1. The molecule has 1 unspecified atom stereocenters. The molecule has 0 amide bonds. The van der Waals surface area contributed by atoms with Crippen molar-refractivity contribution in [1.29, 1.82) is 0 Å². The van der Waals surface area contributed by atoms with Crippen molar-refractivity contribution in [2.45, 2.75) is 26.3 Å². The van der Waals surface area contributed by atoms with Crippen LogP contribution >= 0.6 is 0 Å². The topological polar surface area (TPSA) is 38.3 Å². The largest absolute Gasteiger partial charge is 0.467 e. The fraction of sp³-hybridized carbons (Fsp3) is 0.294. The van der Waals surface area contributed by atoms with Gasteiger partial charge in [0.05, 0.1) is 6.26 Å². The minimum absolute atomic E-state index is 0.0299. The van der Waals surface area contributed by atoms with Crippen molar-refractivity contribution in [2.24, 2.45) is 0 Å². The number of benzene rings is 1.